The Morgan fingerprint density at radius 1 is 0.667 bits per heavy atom. The minimum atomic E-state index is -1.33. The van der Waals surface area contributed by atoms with Gasteiger partial charge in [0.05, 0.1) is 11.1 Å². The van der Waals surface area contributed by atoms with Crippen molar-refractivity contribution in [3.8, 4) is 23.3 Å². The van der Waals surface area contributed by atoms with Gasteiger partial charge in [-0.2, -0.15) is 0 Å². The molecule has 0 unspecified atom stereocenters. The van der Waals surface area contributed by atoms with Gasteiger partial charge in [0.25, 0.3) is 0 Å². The molecule has 0 aliphatic heterocycles. The Bertz CT molecular complexity index is 1040. The molecule has 0 bridgehead atoms. The molecule has 0 radical (unpaired) electrons. The highest BCUT2D eigenvalue weighted by Gasteiger charge is 2.17. The van der Waals surface area contributed by atoms with Crippen LogP contribution < -0.4 is 4.74 Å². The zero-order valence-electron chi connectivity index (χ0n) is 14.0. The summed E-state index contributed by atoms with van der Waals surface area (Å²) >= 11 is 0. The SMILES string of the molecule is O=C(O)c1ccc(Oc2ccc(C#Cc3ccccc3)cc2)cc1C(=O)O. The molecule has 0 amide bonds. The van der Waals surface area contributed by atoms with Crippen molar-refractivity contribution in [2.24, 2.45) is 0 Å². The van der Waals surface area contributed by atoms with Crippen molar-refractivity contribution in [2.45, 2.75) is 0 Å². The summed E-state index contributed by atoms with van der Waals surface area (Å²) in [5.41, 5.74) is 1.10. The normalized spacial score (nSPS) is 9.78. The molecule has 27 heavy (non-hydrogen) atoms. The molecular weight excluding hydrogens is 344 g/mol. The van der Waals surface area contributed by atoms with Crippen molar-refractivity contribution in [3.05, 3.63) is 95.1 Å². The topological polar surface area (TPSA) is 83.8 Å². The third-order valence-electron chi connectivity index (χ3n) is 3.67. The number of carboxylic acid groups (broad SMARTS) is 2. The van der Waals surface area contributed by atoms with E-state index in [0.717, 1.165) is 11.1 Å². The van der Waals surface area contributed by atoms with Gasteiger partial charge >= 0.3 is 11.9 Å². The summed E-state index contributed by atoms with van der Waals surface area (Å²) in [7, 11) is 0. The molecule has 3 aromatic carbocycles. The minimum absolute atomic E-state index is 0.237. The molecule has 0 aromatic heterocycles. The second kappa shape index (κ2) is 7.89. The van der Waals surface area contributed by atoms with Gasteiger partial charge in [0.2, 0.25) is 0 Å². The highest BCUT2D eigenvalue weighted by atomic mass is 16.5. The van der Waals surface area contributed by atoms with Crippen LogP contribution >= 0.6 is 0 Å². The number of aromatic carboxylic acids is 2. The fraction of sp³-hybridized carbons (Fsp3) is 0. The zero-order valence-corrected chi connectivity index (χ0v) is 14.0. The molecule has 0 saturated heterocycles. The van der Waals surface area contributed by atoms with E-state index in [1.54, 1.807) is 24.3 Å². The lowest BCUT2D eigenvalue weighted by Crippen LogP contribution is -2.07. The molecule has 3 rings (SSSR count). The van der Waals surface area contributed by atoms with Crippen LogP contribution in [-0.2, 0) is 0 Å². The number of carboxylic acids is 2. The highest BCUT2D eigenvalue weighted by Crippen LogP contribution is 2.24. The van der Waals surface area contributed by atoms with Crippen LogP contribution in [0, 0.1) is 11.8 Å². The van der Waals surface area contributed by atoms with E-state index in [9.17, 15) is 9.59 Å². The molecule has 0 heterocycles. The summed E-state index contributed by atoms with van der Waals surface area (Å²) in [5.74, 6) is 4.19. The number of hydrogen-bond acceptors (Lipinski definition) is 3. The summed E-state index contributed by atoms with van der Waals surface area (Å²) < 4.78 is 5.62. The van der Waals surface area contributed by atoms with Crippen molar-refractivity contribution in [1.29, 1.82) is 0 Å². The Balaban J connectivity index is 1.77. The summed E-state index contributed by atoms with van der Waals surface area (Å²) in [5, 5.41) is 18.2. The Morgan fingerprint density at radius 2 is 1.22 bits per heavy atom. The van der Waals surface area contributed by atoms with E-state index in [1.165, 1.54) is 18.2 Å². The van der Waals surface area contributed by atoms with Gasteiger partial charge in [-0.1, -0.05) is 30.0 Å². The van der Waals surface area contributed by atoms with Crippen LogP contribution in [-0.4, -0.2) is 22.2 Å². The van der Waals surface area contributed by atoms with E-state index in [-0.39, 0.29) is 16.9 Å². The molecule has 2 N–H and O–H groups in total. The van der Waals surface area contributed by atoms with Crippen molar-refractivity contribution < 1.29 is 24.5 Å². The number of benzene rings is 3. The first-order chi connectivity index (χ1) is 13.0. The Hall–Kier alpha value is -4.04. The fourth-order valence-electron chi connectivity index (χ4n) is 2.36. The maximum absolute atomic E-state index is 11.2. The number of rotatable bonds is 4. The van der Waals surface area contributed by atoms with Gasteiger partial charge in [0.1, 0.15) is 11.5 Å². The number of carbonyl (C=O) groups is 2. The molecule has 0 aliphatic carbocycles. The van der Waals surface area contributed by atoms with Gasteiger partial charge in [0, 0.05) is 11.1 Å². The standard InChI is InChI=1S/C22H14O5/c23-21(24)19-13-12-18(14-20(19)22(25)26)27-17-10-8-16(9-11-17)7-6-15-4-2-1-3-5-15/h1-5,8-14H,(H,23,24)(H,25,26). The van der Waals surface area contributed by atoms with Crippen molar-refractivity contribution in [3.63, 3.8) is 0 Å². The third-order valence-corrected chi connectivity index (χ3v) is 3.67. The molecule has 0 saturated carbocycles. The Morgan fingerprint density at radius 3 is 1.81 bits per heavy atom. The maximum Gasteiger partial charge on any atom is 0.336 e. The van der Waals surface area contributed by atoms with Crippen molar-refractivity contribution in [1.82, 2.24) is 0 Å². The first kappa shape index (κ1) is 17.8. The van der Waals surface area contributed by atoms with Gasteiger partial charge in [-0.15, -0.1) is 0 Å². The van der Waals surface area contributed by atoms with Crippen LogP contribution in [0.25, 0.3) is 0 Å². The molecule has 0 aliphatic rings. The van der Waals surface area contributed by atoms with Crippen LogP contribution in [0.5, 0.6) is 11.5 Å². The quantitative estimate of drug-likeness (QED) is 0.680. The van der Waals surface area contributed by atoms with Crippen LogP contribution in [0.1, 0.15) is 31.8 Å². The zero-order chi connectivity index (χ0) is 19.2. The number of ether oxygens (including phenoxy) is 1. The maximum atomic E-state index is 11.2. The minimum Gasteiger partial charge on any atom is -0.478 e. The molecule has 5 nitrogen and oxygen atoms in total. The van der Waals surface area contributed by atoms with E-state index in [1.807, 2.05) is 30.3 Å². The van der Waals surface area contributed by atoms with Gasteiger partial charge in [-0.3, -0.25) is 0 Å². The second-order valence-corrected chi connectivity index (χ2v) is 5.56. The van der Waals surface area contributed by atoms with Crippen LogP contribution in [0.2, 0.25) is 0 Å². The smallest absolute Gasteiger partial charge is 0.336 e. The lowest BCUT2D eigenvalue weighted by atomic mass is 10.1. The van der Waals surface area contributed by atoms with E-state index in [0.29, 0.717) is 5.75 Å². The summed E-state index contributed by atoms with van der Waals surface area (Å²) in [6.07, 6.45) is 0. The van der Waals surface area contributed by atoms with Gasteiger partial charge in [-0.05, 0) is 54.6 Å². The molecule has 132 valence electrons. The Labute approximate surface area is 155 Å². The van der Waals surface area contributed by atoms with Crippen molar-refractivity contribution >= 4 is 11.9 Å². The second-order valence-electron chi connectivity index (χ2n) is 5.56. The summed E-state index contributed by atoms with van der Waals surface area (Å²) in [6, 6.07) is 20.4. The van der Waals surface area contributed by atoms with Gasteiger partial charge < -0.3 is 14.9 Å². The van der Waals surface area contributed by atoms with E-state index in [2.05, 4.69) is 11.8 Å². The lowest BCUT2D eigenvalue weighted by molar-refractivity contribution is 0.0651. The van der Waals surface area contributed by atoms with E-state index in [4.69, 9.17) is 14.9 Å². The first-order valence-electron chi connectivity index (χ1n) is 7.98. The molecule has 0 fully saturated rings. The van der Waals surface area contributed by atoms with E-state index >= 15 is 0 Å². The predicted octanol–water partition coefficient (Wildman–Crippen LogP) is 4.28. The molecule has 0 atom stereocenters. The molecule has 3 aromatic rings. The summed E-state index contributed by atoms with van der Waals surface area (Å²) in [6.45, 7) is 0. The third kappa shape index (κ3) is 4.53. The largest absolute Gasteiger partial charge is 0.478 e. The highest BCUT2D eigenvalue weighted by molar-refractivity contribution is 6.02. The summed E-state index contributed by atoms with van der Waals surface area (Å²) in [4.78, 5) is 22.3. The fourth-order valence-corrected chi connectivity index (χ4v) is 2.36. The van der Waals surface area contributed by atoms with Gasteiger partial charge in [0.15, 0.2) is 0 Å². The molecule has 5 heteroatoms. The first-order valence-corrected chi connectivity index (χ1v) is 7.98. The van der Waals surface area contributed by atoms with Crippen LogP contribution in [0.3, 0.4) is 0 Å². The average Bonchev–Trinajstić information content (AvgIpc) is 2.68. The van der Waals surface area contributed by atoms with Crippen molar-refractivity contribution in [2.75, 3.05) is 0 Å². The molecule has 0 spiro atoms. The monoisotopic (exact) mass is 358 g/mol. The number of hydrogen-bond donors (Lipinski definition) is 2. The molecular formula is C22H14O5. The van der Waals surface area contributed by atoms with Crippen LogP contribution in [0.15, 0.2) is 72.8 Å². The Kier molecular flexibility index (Phi) is 5.20. The van der Waals surface area contributed by atoms with Crippen LogP contribution in [0.4, 0.5) is 0 Å². The van der Waals surface area contributed by atoms with E-state index < -0.39 is 11.9 Å². The predicted molar refractivity (Wildman–Crippen MR) is 99.3 cm³/mol. The van der Waals surface area contributed by atoms with Gasteiger partial charge in [-0.25, -0.2) is 9.59 Å². The average molecular weight is 358 g/mol. The lowest BCUT2D eigenvalue weighted by Gasteiger charge is -2.08.